The van der Waals surface area contributed by atoms with Crippen LogP contribution in [0.15, 0.2) is 41.6 Å². The van der Waals surface area contributed by atoms with Gasteiger partial charge in [-0.2, -0.15) is 0 Å². The number of aryl methyl sites for hydroxylation is 1. The maximum atomic E-state index is 13.9. The first kappa shape index (κ1) is 14.8. The van der Waals surface area contributed by atoms with Crippen LogP contribution in [0.2, 0.25) is 0 Å². The van der Waals surface area contributed by atoms with Crippen LogP contribution in [0.4, 0.5) is 14.5 Å². The maximum Gasteiger partial charge on any atom is 0.170 e. The summed E-state index contributed by atoms with van der Waals surface area (Å²) in [5.74, 6) is -1.08. The molecule has 0 spiro atoms. The lowest BCUT2D eigenvalue weighted by atomic mass is 10.1. The highest BCUT2D eigenvalue weighted by atomic mass is 19.1. The number of hydrogen-bond donors (Lipinski definition) is 3. The molecule has 0 saturated carbocycles. The molecule has 0 saturated heterocycles. The van der Waals surface area contributed by atoms with Gasteiger partial charge in [0.05, 0.1) is 5.69 Å². The molecule has 0 heterocycles. The zero-order valence-corrected chi connectivity index (χ0v) is 11.4. The molecule has 0 bridgehead atoms. The molecule has 0 aliphatic rings. The maximum absolute atomic E-state index is 13.9. The monoisotopic (exact) mass is 291 g/mol. The Kier molecular flexibility index (Phi) is 4.37. The molecule has 0 atom stereocenters. The number of nitrogens with two attached hydrogens (primary N) is 1. The Morgan fingerprint density at radius 3 is 2.62 bits per heavy atom. The van der Waals surface area contributed by atoms with Crippen molar-refractivity contribution in [3.63, 3.8) is 0 Å². The highest BCUT2D eigenvalue weighted by molar-refractivity contribution is 5.97. The summed E-state index contributed by atoms with van der Waals surface area (Å²) in [5.41, 5.74) is 7.23. The predicted octanol–water partition coefficient (Wildman–Crippen LogP) is 2.98. The van der Waals surface area contributed by atoms with Gasteiger partial charge in [-0.3, -0.25) is 0 Å². The fourth-order valence-electron chi connectivity index (χ4n) is 1.87. The van der Waals surface area contributed by atoms with E-state index >= 15 is 0 Å². The van der Waals surface area contributed by atoms with Crippen LogP contribution in [0.3, 0.4) is 0 Å². The van der Waals surface area contributed by atoms with Crippen molar-refractivity contribution in [2.75, 3.05) is 5.32 Å². The Labute approximate surface area is 120 Å². The van der Waals surface area contributed by atoms with Crippen molar-refractivity contribution in [2.45, 2.75) is 13.5 Å². The first-order chi connectivity index (χ1) is 10.0. The highest BCUT2D eigenvalue weighted by Gasteiger charge is 2.08. The van der Waals surface area contributed by atoms with E-state index in [1.54, 1.807) is 12.1 Å². The Hall–Kier alpha value is -2.63. The fourth-order valence-corrected chi connectivity index (χ4v) is 1.87. The molecule has 0 unspecified atom stereocenters. The molecule has 0 amide bonds. The normalized spacial score (nSPS) is 11.5. The second-order valence-corrected chi connectivity index (χ2v) is 4.63. The van der Waals surface area contributed by atoms with Crippen molar-refractivity contribution < 1.29 is 14.0 Å². The summed E-state index contributed by atoms with van der Waals surface area (Å²) < 4.78 is 27.5. The van der Waals surface area contributed by atoms with E-state index < -0.39 is 11.6 Å². The minimum atomic E-state index is -0.514. The van der Waals surface area contributed by atoms with E-state index in [9.17, 15) is 8.78 Å². The number of benzene rings is 2. The molecule has 6 heteroatoms. The average molecular weight is 291 g/mol. The first-order valence-corrected chi connectivity index (χ1v) is 6.27. The van der Waals surface area contributed by atoms with E-state index in [2.05, 4.69) is 10.5 Å². The third-order valence-corrected chi connectivity index (χ3v) is 3.05. The number of oxime groups is 1. The van der Waals surface area contributed by atoms with Gasteiger partial charge in [0, 0.05) is 17.7 Å². The number of halogens is 2. The minimum absolute atomic E-state index is 0.128. The van der Waals surface area contributed by atoms with Crippen molar-refractivity contribution in [2.24, 2.45) is 10.9 Å². The number of hydrogen-bond acceptors (Lipinski definition) is 3. The molecule has 0 aliphatic carbocycles. The van der Waals surface area contributed by atoms with E-state index in [1.165, 1.54) is 24.3 Å². The van der Waals surface area contributed by atoms with Crippen LogP contribution in [0, 0.1) is 18.6 Å². The van der Waals surface area contributed by atoms with Gasteiger partial charge in [-0.05, 0) is 30.7 Å². The van der Waals surface area contributed by atoms with Gasteiger partial charge in [0.2, 0.25) is 0 Å². The van der Waals surface area contributed by atoms with Gasteiger partial charge < -0.3 is 16.3 Å². The summed E-state index contributed by atoms with van der Waals surface area (Å²) in [6.45, 7) is 1.97. The van der Waals surface area contributed by atoms with Crippen LogP contribution in [0.1, 0.15) is 16.7 Å². The lowest BCUT2D eigenvalue weighted by molar-refractivity contribution is 0.318. The molecule has 110 valence electrons. The summed E-state index contributed by atoms with van der Waals surface area (Å²) in [6, 6.07) is 8.87. The molecule has 4 nitrogen and oxygen atoms in total. The zero-order valence-electron chi connectivity index (χ0n) is 11.4. The largest absolute Gasteiger partial charge is 0.409 e. The standard InChI is InChI=1S/C15H15F2N3O/c1-9-2-5-12(16)14(6-9)19-8-11-4-3-10(7-13(11)17)15(18)20-21/h2-7,19,21H,8H2,1H3,(H2,18,20). The van der Waals surface area contributed by atoms with E-state index in [0.29, 0.717) is 11.3 Å². The van der Waals surface area contributed by atoms with Crippen LogP contribution in [-0.2, 0) is 6.54 Å². The van der Waals surface area contributed by atoms with Crippen molar-refractivity contribution in [3.05, 3.63) is 64.7 Å². The van der Waals surface area contributed by atoms with Crippen LogP contribution in [-0.4, -0.2) is 11.0 Å². The number of rotatable bonds is 4. The quantitative estimate of drug-likeness (QED) is 0.351. The number of amidine groups is 1. The minimum Gasteiger partial charge on any atom is -0.409 e. The van der Waals surface area contributed by atoms with Crippen molar-refractivity contribution in [1.29, 1.82) is 0 Å². The van der Waals surface area contributed by atoms with Gasteiger partial charge in [-0.15, -0.1) is 0 Å². The summed E-state index contributed by atoms with van der Waals surface area (Å²) in [5, 5.41) is 14.2. The highest BCUT2D eigenvalue weighted by Crippen LogP contribution is 2.18. The van der Waals surface area contributed by atoms with Crippen LogP contribution in [0.5, 0.6) is 0 Å². The van der Waals surface area contributed by atoms with Crippen LogP contribution < -0.4 is 11.1 Å². The Bertz CT molecular complexity index is 687. The zero-order chi connectivity index (χ0) is 15.4. The summed E-state index contributed by atoms with van der Waals surface area (Å²) >= 11 is 0. The fraction of sp³-hybridized carbons (Fsp3) is 0.133. The molecule has 0 fully saturated rings. The van der Waals surface area contributed by atoms with Crippen LogP contribution in [0.25, 0.3) is 0 Å². The lowest BCUT2D eigenvalue weighted by Gasteiger charge is -2.10. The molecule has 2 rings (SSSR count). The van der Waals surface area contributed by atoms with Crippen LogP contribution >= 0.6 is 0 Å². The summed E-state index contributed by atoms with van der Waals surface area (Å²) in [6.07, 6.45) is 0. The number of nitrogens with one attached hydrogen (secondary N) is 1. The summed E-state index contributed by atoms with van der Waals surface area (Å²) in [4.78, 5) is 0. The molecule has 2 aromatic rings. The van der Waals surface area contributed by atoms with Gasteiger partial charge in [-0.25, -0.2) is 8.78 Å². The molecule has 0 aromatic heterocycles. The lowest BCUT2D eigenvalue weighted by Crippen LogP contribution is -2.14. The smallest absolute Gasteiger partial charge is 0.170 e. The van der Waals surface area contributed by atoms with E-state index in [4.69, 9.17) is 10.9 Å². The van der Waals surface area contributed by atoms with Crippen molar-refractivity contribution in [3.8, 4) is 0 Å². The Balaban J connectivity index is 2.15. The second kappa shape index (κ2) is 6.21. The third-order valence-electron chi connectivity index (χ3n) is 3.05. The van der Waals surface area contributed by atoms with E-state index in [0.717, 1.165) is 5.56 Å². The average Bonchev–Trinajstić information content (AvgIpc) is 2.48. The molecule has 0 radical (unpaired) electrons. The topological polar surface area (TPSA) is 70.6 Å². The molecular formula is C15H15F2N3O. The van der Waals surface area contributed by atoms with E-state index in [1.807, 2.05) is 6.92 Å². The number of anilines is 1. The van der Waals surface area contributed by atoms with Gasteiger partial charge in [0.1, 0.15) is 11.6 Å². The van der Waals surface area contributed by atoms with Gasteiger partial charge in [0.15, 0.2) is 5.84 Å². The molecule has 21 heavy (non-hydrogen) atoms. The number of nitrogens with zero attached hydrogens (tertiary/aromatic N) is 1. The predicted molar refractivity (Wildman–Crippen MR) is 77.4 cm³/mol. The van der Waals surface area contributed by atoms with Crippen molar-refractivity contribution >= 4 is 11.5 Å². The van der Waals surface area contributed by atoms with Gasteiger partial charge in [0.25, 0.3) is 0 Å². The van der Waals surface area contributed by atoms with Gasteiger partial charge >= 0.3 is 0 Å². The van der Waals surface area contributed by atoms with E-state index in [-0.39, 0.29) is 17.9 Å². The Morgan fingerprint density at radius 2 is 1.95 bits per heavy atom. The molecular weight excluding hydrogens is 276 g/mol. The first-order valence-electron chi connectivity index (χ1n) is 6.27. The van der Waals surface area contributed by atoms with Crippen molar-refractivity contribution in [1.82, 2.24) is 0 Å². The molecule has 2 aromatic carbocycles. The molecule has 0 aliphatic heterocycles. The Morgan fingerprint density at radius 1 is 1.19 bits per heavy atom. The van der Waals surface area contributed by atoms with Gasteiger partial charge in [-0.1, -0.05) is 23.4 Å². The second-order valence-electron chi connectivity index (χ2n) is 4.63. The molecule has 4 N–H and O–H groups in total. The third kappa shape index (κ3) is 3.47. The SMILES string of the molecule is Cc1ccc(F)c(NCc2ccc(C(N)=NO)cc2F)c1. The summed E-state index contributed by atoms with van der Waals surface area (Å²) in [7, 11) is 0.